The van der Waals surface area contributed by atoms with E-state index in [9.17, 15) is 9.59 Å². The molecule has 0 aromatic rings. The van der Waals surface area contributed by atoms with Gasteiger partial charge in [0, 0.05) is 19.0 Å². The lowest BCUT2D eigenvalue weighted by molar-refractivity contribution is -0.124. The van der Waals surface area contributed by atoms with Crippen molar-refractivity contribution in [2.24, 2.45) is 5.92 Å². The maximum absolute atomic E-state index is 11.5. The third kappa shape index (κ3) is 7.40. The predicted molar refractivity (Wildman–Crippen MR) is 65.2 cm³/mol. The van der Waals surface area contributed by atoms with Crippen LogP contribution in [0.25, 0.3) is 0 Å². The molecule has 94 valence electrons. The number of Topliss-reactive ketones (excluding diaryl/α,β-unsaturated/α-hetero) is 1. The Morgan fingerprint density at radius 3 is 2.25 bits per heavy atom. The van der Waals surface area contributed by atoms with Crippen molar-refractivity contribution >= 4 is 11.7 Å². The van der Waals surface area contributed by atoms with Crippen molar-refractivity contribution in [2.45, 2.75) is 40.2 Å². The molecule has 1 N–H and O–H groups in total. The van der Waals surface area contributed by atoms with Gasteiger partial charge in [0.05, 0.1) is 6.54 Å². The van der Waals surface area contributed by atoms with E-state index in [4.69, 9.17) is 0 Å². The first-order valence-corrected chi connectivity index (χ1v) is 5.79. The number of ketones is 1. The minimum atomic E-state index is 0.0200. The van der Waals surface area contributed by atoms with Crippen molar-refractivity contribution < 1.29 is 9.59 Å². The van der Waals surface area contributed by atoms with Gasteiger partial charge < -0.3 is 5.32 Å². The van der Waals surface area contributed by atoms with Crippen molar-refractivity contribution in [3.05, 3.63) is 0 Å². The summed E-state index contributed by atoms with van der Waals surface area (Å²) in [7, 11) is 1.86. The van der Waals surface area contributed by atoms with E-state index >= 15 is 0 Å². The van der Waals surface area contributed by atoms with Gasteiger partial charge >= 0.3 is 0 Å². The SMILES string of the molecule is CC(=O)CC(C)N(C)CC(=O)NCC(C)C. The lowest BCUT2D eigenvalue weighted by Gasteiger charge is -2.23. The number of likely N-dealkylation sites (N-methyl/N-ethyl adjacent to an activating group) is 1. The van der Waals surface area contributed by atoms with E-state index in [0.29, 0.717) is 25.4 Å². The van der Waals surface area contributed by atoms with E-state index < -0.39 is 0 Å². The molecule has 0 saturated heterocycles. The predicted octanol–water partition coefficient (Wildman–Crippen LogP) is 1.06. The molecule has 0 saturated carbocycles. The average molecular weight is 228 g/mol. The molecule has 4 heteroatoms. The number of carbonyl (C=O) groups excluding carboxylic acids is 2. The molecule has 4 nitrogen and oxygen atoms in total. The summed E-state index contributed by atoms with van der Waals surface area (Å²) < 4.78 is 0. The third-order valence-corrected chi connectivity index (χ3v) is 2.44. The summed E-state index contributed by atoms with van der Waals surface area (Å²) in [4.78, 5) is 24.3. The van der Waals surface area contributed by atoms with Gasteiger partial charge in [-0.15, -0.1) is 0 Å². The molecule has 0 aliphatic carbocycles. The Balaban J connectivity index is 3.89. The monoisotopic (exact) mass is 228 g/mol. The summed E-state index contributed by atoms with van der Waals surface area (Å²) >= 11 is 0. The van der Waals surface area contributed by atoms with E-state index in [1.54, 1.807) is 6.92 Å². The van der Waals surface area contributed by atoms with Gasteiger partial charge in [0.25, 0.3) is 0 Å². The average Bonchev–Trinajstić information content (AvgIpc) is 2.13. The largest absolute Gasteiger partial charge is 0.355 e. The van der Waals surface area contributed by atoms with Crippen molar-refractivity contribution in [3.63, 3.8) is 0 Å². The van der Waals surface area contributed by atoms with Crippen molar-refractivity contribution in [2.75, 3.05) is 20.1 Å². The Morgan fingerprint density at radius 1 is 1.25 bits per heavy atom. The summed E-state index contributed by atoms with van der Waals surface area (Å²) in [6, 6.07) is 0.113. The fraction of sp³-hybridized carbons (Fsp3) is 0.833. The van der Waals surface area contributed by atoms with Crippen LogP contribution in [0.1, 0.15) is 34.1 Å². The standard InChI is InChI=1S/C12H24N2O2/c1-9(2)7-13-12(16)8-14(5)10(3)6-11(4)15/h9-10H,6-8H2,1-5H3,(H,13,16). The zero-order valence-electron chi connectivity index (χ0n) is 11.0. The fourth-order valence-electron chi connectivity index (χ4n) is 1.33. The number of amides is 1. The Kier molecular flexibility index (Phi) is 6.97. The molecule has 0 spiro atoms. The summed E-state index contributed by atoms with van der Waals surface area (Å²) in [5.41, 5.74) is 0. The van der Waals surface area contributed by atoms with E-state index in [1.807, 2.05) is 18.9 Å². The van der Waals surface area contributed by atoms with E-state index in [2.05, 4.69) is 19.2 Å². The number of carbonyl (C=O) groups is 2. The fourth-order valence-corrected chi connectivity index (χ4v) is 1.33. The topological polar surface area (TPSA) is 49.4 Å². The summed E-state index contributed by atoms with van der Waals surface area (Å²) in [6.07, 6.45) is 0.494. The smallest absolute Gasteiger partial charge is 0.234 e. The van der Waals surface area contributed by atoms with Gasteiger partial charge in [-0.2, -0.15) is 0 Å². The quantitative estimate of drug-likeness (QED) is 0.709. The Morgan fingerprint density at radius 2 is 1.81 bits per heavy atom. The third-order valence-electron chi connectivity index (χ3n) is 2.44. The van der Waals surface area contributed by atoms with Crippen LogP contribution in [0.4, 0.5) is 0 Å². The molecular weight excluding hydrogens is 204 g/mol. The molecule has 0 fully saturated rings. The summed E-state index contributed by atoms with van der Waals surface area (Å²) in [5, 5.41) is 2.86. The number of hydrogen-bond acceptors (Lipinski definition) is 3. The normalized spacial score (nSPS) is 12.9. The van der Waals surface area contributed by atoms with E-state index in [-0.39, 0.29) is 17.7 Å². The second-order valence-corrected chi connectivity index (χ2v) is 4.87. The van der Waals surface area contributed by atoms with Gasteiger partial charge in [0.1, 0.15) is 5.78 Å². The van der Waals surface area contributed by atoms with Crippen molar-refractivity contribution in [1.29, 1.82) is 0 Å². The Hall–Kier alpha value is -0.900. The van der Waals surface area contributed by atoms with Crippen LogP contribution < -0.4 is 5.32 Å². The van der Waals surface area contributed by atoms with Crippen LogP contribution in [0.15, 0.2) is 0 Å². The van der Waals surface area contributed by atoms with Crippen LogP contribution in [0.3, 0.4) is 0 Å². The van der Waals surface area contributed by atoms with Gasteiger partial charge in [-0.25, -0.2) is 0 Å². The molecular formula is C12H24N2O2. The van der Waals surface area contributed by atoms with Gasteiger partial charge in [-0.05, 0) is 26.8 Å². The first-order chi connectivity index (χ1) is 7.32. The van der Waals surface area contributed by atoms with Crippen molar-refractivity contribution in [1.82, 2.24) is 10.2 Å². The van der Waals surface area contributed by atoms with Gasteiger partial charge in [-0.1, -0.05) is 13.8 Å². The summed E-state index contributed by atoms with van der Waals surface area (Å²) in [6.45, 7) is 8.69. The molecule has 0 aliphatic rings. The lowest BCUT2D eigenvalue weighted by Crippen LogP contribution is -2.41. The van der Waals surface area contributed by atoms with Crippen LogP contribution in [-0.4, -0.2) is 42.8 Å². The van der Waals surface area contributed by atoms with Crippen LogP contribution in [0, 0.1) is 5.92 Å². The summed E-state index contributed by atoms with van der Waals surface area (Å²) in [5.74, 6) is 0.637. The molecule has 1 atom stereocenters. The first kappa shape index (κ1) is 15.1. The highest BCUT2D eigenvalue weighted by Gasteiger charge is 2.14. The highest BCUT2D eigenvalue weighted by Crippen LogP contribution is 2.01. The minimum Gasteiger partial charge on any atom is -0.355 e. The zero-order valence-corrected chi connectivity index (χ0v) is 11.0. The highest BCUT2D eigenvalue weighted by molar-refractivity contribution is 5.78. The second kappa shape index (κ2) is 7.39. The molecule has 1 unspecified atom stereocenters. The molecule has 0 heterocycles. The maximum Gasteiger partial charge on any atom is 0.234 e. The number of rotatable bonds is 7. The molecule has 0 rings (SSSR count). The molecule has 1 amide bonds. The van der Waals surface area contributed by atoms with Crippen LogP contribution >= 0.6 is 0 Å². The Labute approximate surface area is 98.4 Å². The van der Waals surface area contributed by atoms with Crippen LogP contribution in [0.5, 0.6) is 0 Å². The second-order valence-electron chi connectivity index (χ2n) is 4.87. The van der Waals surface area contributed by atoms with Gasteiger partial charge in [-0.3, -0.25) is 14.5 Å². The van der Waals surface area contributed by atoms with Crippen LogP contribution in [-0.2, 0) is 9.59 Å². The molecule has 0 aromatic heterocycles. The van der Waals surface area contributed by atoms with Gasteiger partial charge in [0.15, 0.2) is 0 Å². The number of nitrogens with zero attached hydrogens (tertiary/aromatic N) is 1. The zero-order chi connectivity index (χ0) is 12.7. The molecule has 16 heavy (non-hydrogen) atoms. The first-order valence-electron chi connectivity index (χ1n) is 5.79. The number of nitrogens with one attached hydrogen (secondary N) is 1. The maximum atomic E-state index is 11.5. The molecule has 0 aromatic carbocycles. The van der Waals surface area contributed by atoms with Crippen molar-refractivity contribution in [3.8, 4) is 0 Å². The van der Waals surface area contributed by atoms with Gasteiger partial charge in [0.2, 0.25) is 5.91 Å². The van der Waals surface area contributed by atoms with E-state index in [1.165, 1.54) is 0 Å². The Bertz CT molecular complexity index is 239. The molecule has 0 aliphatic heterocycles. The molecule has 0 radical (unpaired) electrons. The lowest BCUT2D eigenvalue weighted by atomic mass is 10.1. The molecule has 0 bridgehead atoms. The number of hydrogen-bond donors (Lipinski definition) is 1. The van der Waals surface area contributed by atoms with E-state index in [0.717, 1.165) is 0 Å². The highest BCUT2D eigenvalue weighted by atomic mass is 16.2. The minimum absolute atomic E-state index is 0.0200. The van der Waals surface area contributed by atoms with Crippen LogP contribution in [0.2, 0.25) is 0 Å².